The first-order chi connectivity index (χ1) is 24.6. The molecule has 6 atom stereocenters. The molecule has 1 saturated carbocycles. The van der Waals surface area contributed by atoms with Crippen LogP contribution in [0.25, 0.3) is 32.4 Å². The quantitative estimate of drug-likeness (QED) is 0.0904. The van der Waals surface area contributed by atoms with E-state index in [0.717, 1.165) is 59.2 Å². The van der Waals surface area contributed by atoms with Crippen LogP contribution in [0.2, 0.25) is 0 Å². The third kappa shape index (κ3) is 5.33. The first-order valence-electron chi connectivity index (χ1n) is 17.7. The first-order valence-corrected chi connectivity index (χ1v) is 17.7. The number of benzene rings is 4. The van der Waals surface area contributed by atoms with Gasteiger partial charge in [0, 0.05) is 17.9 Å². The molecule has 3 heterocycles. The minimum absolute atomic E-state index is 0.0824. The summed E-state index contributed by atoms with van der Waals surface area (Å²) in [6.45, 7) is -1.72. The lowest BCUT2D eigenvalue weighted by atomic mass is 9.59. The Morgan fingerprint density at radius 1 is 0.902 bits per heavy atom. The highest BCUT2D eigenvalue weighted by molar-refractivity contribution is 6.14. The van der Waals surface area contributed by atoms with Gasteiger partial charge in [-0.15, -0.1) is 0 Å². The van der Waals surface area contributed by atoms with Crippen molar-refractivity contribution in [3.05, 3.63) is 84.1 Å². The Labute approximate surface area is 294 Å². The number of aromatic nitrogens is 1. The molecule has 8 rings (SSSR count). The van der Waals surface area contributed by atoms with Crippen LogP contribution in [-0.2, 0) is 26.3 Å². The Morgan fingerprint density at radius 3 is 2.31 bits per heavy atom. The van der Waals surface area contributed by atoms with E-state index >= 15 is 0 Å². The number of nitrogens with one attached hydrogen (secondary N) is 1. The van der Waals surface area contributed by atoms with Crippen molar-refractivity contribution in [1.82, 2.24) is 4.98 Å². The summed E-state index contributed by atoms with van der Waals surface area (Å²) in [5.74, 6) is -3.76. The Bertz CT molecular complexity index is 2090. The molecule has 268 valence electrons. The number of carbonyl (C=O) groups is 1. The normalized spacial score (nSPS) is 28.2. The van der Waals surface area contributed by atoms with Gasteiger partial charge in [-0.25, -0.2) is 4.79 Å². The van der Waals surface area contributed by atoms with E-state index in [0.29, 0.717) is 10.9 Å². The number of aromatic amines is 1. The predicted octanol–water partition coefficient (Wildman–Crippen LogP) is 4.45. The molecule has 3 fully saturated rings. The van der Waals surface area contributed by atoms with E-state index in [1.807, 2.05) is 60.7 Å². The van der Waals surface area contributed by atoms with Gasteiger partial charge in [0.15, 0.2) is 11.9 Å². The van der Waals surface area contributed by atoms with Crippen molar-refractivity contribution in [3.63, 3.8) is 0 Å². The van der Waals surface area contributed by atoms with Gasteiger partial charge in [-0.1, -0.05) is 61.7 Å². The molecule has 0 bridgehead atoms. The second-order valence-corrected chi connectivity index (χ2v) is 14.5. The molecule has 1 aromatic heterocycles. The number of phenols is 1. The van der Waals surface area contributed by atoms with Crippen molar-refractivity contribution >= 4 is 38.4 Å². The SMILES string of the molecule is O=C(Oc1c(CO)[nH]c2ccc3cc4ccccc4cc3c12)[C@@H]1O[C@@](O)(CO)[C@@]2(O)CC[C@@H]([C@@H](CO)C3(c4ccc(O)cc4)CCCCC3)O[C@@H]12. The summed E-state index contributed by atoms with van der Waals surface area (Å²) in [5, 5.41) is 69.4. The summed E-state index contributed by atoms with van der Waals surface area (Å²) < 4.78 is 18.5. The third-order valence-electron chi connectivity index (χ3n) is 11.9. The Morgan fingerprint density at radius 2 is 1.63 bits per heavy atom. The van der Waals surface area contributed by atoms with Gasteiger partial charge >= 0.3 is 5.97 Å². The lowest BCUT2D eigenvalue weighted by molar-refractivity contribution is -0.296. The van der Waals surface area contributed by atoms with E-state index in [9.17, 15) is 35.4 Å². The van der Waals surface area contributed by atoms with Crippen LogP contribution in [0.5, 0.6) is 11.5 Å². The van der Waals surface area contributed by atoms with E-state index < -0.39 is 60.2 Å². The average Bonchev–Trinajstić information content (AvgIpc) is 3.63. The van der Waals surface area contributed by atoms with Gasteiger partial charge in [-0.2, -0.15) is 0 Å². The van der Waals surface area contributed by atoms with Crippen molar-refractivity contribution in [2.24, 2.45) is 5.92 Å². The minimum Gasteiger partial charge on any atom is -0.508 e. The summed E-state index contributed by atoms with van der Waals surface area (Å²) in [6.07, 6.45) is 0.793. The van der Waals surface area contributed by atoms with Gasteiger partial charge < -0.3 is 49.8 Å². The molecule has 0 amide bonds. The number of H-pyrrole nitrogens is 1. The highest BCUT2D eigenvalue weighted by atomic mass is 16.7. The van der Waals surface area contributed by atoms with E-state index in [-0.39, 0.29) is 36.6 Å². The summed E-state index contributed by atoms with van der Waals surface area (Å²) in [7, 11) is 0. The second-order valence-electron chi connectivity index (χ2n) is 14.5. The van der Waals surface area contributed by atoms with E-state index in [4.69, 9.17) is 14.2 Å². The predicted molar refractivity (Wildman–Crippen MR) is 188 cm³/mol. The number of phenolic OH excluding ortho intramolecular Hbond substituents is 1. The number of aliphatic hydroxyl groups is 5. The first kappa shape index (κ1) is 34.0. The van der Waals surface area contributed by atoms with E-state index in [1.165, 1.54) is 0 Å². The maximum absolute atomic E-state index is 14.2. The molecule has 5 aromatic rings. The zero-order valence-corrected chi connectivity index (χ0v) is 28.1. The van der Waals surface area contributed by atoms with Crippen molar-refractivity contribution in [3.8, 4) is 11.5 Å². The zero-order chi connectivity index (χ0) is 35.5. The molecule has 51 heavy (non-hydrogen) atoms. The largest absolute Gasteiger partial charge is 0.508 e. The van der Waals surface area contributed by atoms with Crippen molar-refractivity contribution < 1.29 is 49.6 Å². The van der Waals surface area contributed by atoms with E-state index in [1.54, 1.807) is 12.1 Å². The molecule has 11 heteroatoms. The van der Waals surface area contributed by atoms with E-state index in [2.05, 4.69) is 4.98 Å². The molecule has 0 radical (unpaired) electrons. The second kappa shape index (κ2) is 12.9. The number of carbonyl (C=O) groups excluding carboxylic acids is 1. The standard InChI is InChI=1S/C40H43NO10/c42-20-29(38(15-4-1-5-16-38)26-9-11-27(45)12-10-26)32-14-17-39(47)36(49-32)35(51-40(39,48)22-44)37(46)50-34-31(21-43)41-30-13-8-25-18-23-6-2-3-7-24(23)19-28(25)33(30)34/h2-3,6-13,18-19,29,32,35-36,41-45,47-48H,1,4-5,14-17,20-22H2/t29-,32+,35-,36+,39-,40+/m1/s1. The fourth-order valence-electron chi connectivity index (χ4n) is 9.24. The van der Waals surface area contributed by atoms with Crippen LogP contribution in [-0.4, -0.2) is 84.5 Å². The molecule has 0 spiro atoms. The van der Waals surface area contributed by atoms with Gasteiger partial charge in [-0.3, -0.25) is 0 Å². The molecule has 4 aromatic carbocycles. The fraction of sp³-hybridized carbons (Fsp3) is 0.425. The summed E-state index contributed by atoms with van der Waals surface area (Å²) in [5.41, 5.74) is -0.835. The maximum Gasteiger partial charge on any atom is 0.343 e. The summed E-state index contributed by atoms with van der Waals surface area (Å²) in [4.78, 5) is 17.4. The van der Waals surface area contributed by atoms with Gasteiger partial charge in [0.2, 0.25) is 5.79 Å². The van der Waals surface area contributed by atoms with Crippen LogP contribution in [0, 0.1) is 5.92 Å². The number of fused-ring (bicyclic) bond motifs is 5. The van der Waals surface area contributed by atoms with Crippen LogP contribution in [0.15, 0.2) is 72.8 Å². The van der Waals surface area contributed by atoms with Crippen LogP contribution in [0.3, 0.4) is 0 Å². The minimum atomic E-state index is -2.54. The number of rotatable bonds is 8. The molecular formula is C40H43NO10. The zero-order valence-electron chi connectivity index (χ0n) is 28.1. The van der Waals surface area contributed by atoms with Crippen LogP contribution >= 0.6 is 0 Å². The maximum atomic E-state index is 14.2. The lowest BCUT2D eigenvalue weighted by Crippen LogP contribution is -2.64. The Balaban J connectivity index is 1.16. The Kier molecular flexibility index (Phi) is 8.58. The Hall–Kier alpha value is -4.07. The van der Waals surface area contributed by atoms with Gasteiger partial charge in [-0.05, 0) is 83.1 Å². The van der Waals surface area contributed by atoms with Gasteiger partial charge in [0.1, 0.15) is 24.1 Å². The molecule has 2 saturated heterocycles. The number of aliphatic hydroxyl groups excluding tert-OH is 3. The van der Waals surface area contributed by atoms with Crippen molar-refractivity contribution in [2.75, 3.05) is 13.2 Å². The smallest absolute Gasteiger partial charge is 0.343 e. The number of aromatic hydroxyl groups is 1. The van der Waals surface area contributed by atoms with Crippen LogP contribution in [0.1, 0.15) is 56.2 Å². The molecule has 7 N–H and O–H groups in total. The number of ether oxygens (including phenoxy) is 3. The number of esters is 1. The molecule has 11 nitrogen and oxygen atoms in total. The van der Waals surface area contributed by atoms with Crippen molar-refractivity contribution in [1.29, 1.82) is 0 Å². The van der Waals surface area contributed by atoms with Crippen LogP contribution in [0.4, 0.5) is 0 Å². The molecule has 0 unspecified atom stereocenters. The monoisotopic (exact) mass is 697 g/mol. The van der Waals surface area contributed by atoms with Gasteiger partial charge in [0.05, 0.1) is 29.3 Å². The molecular weight excluding hydrogens is 654 g/mol. The van der Waals surface area contributed by atoms with Gasteiger partial charge in [0.25, 0.3) is 0 Å². The molecule has 1 aliphatic carbocycles. The third-order valence-corrected chi connectivity index (χ3v) is 11.9. The highest BCUT2D eigenvalue weighted by Crippen LogP contribution is 2.53. The highest BCUT2D eigenvalue weighted by Gasteiger charge is 2.70. The summed E-state index contributed by atoms with van der Waals surface area (Å²) >= 11 is 0. The fourth-order valence-corrected chi connectivity index (χ4v) is 9.24. The topological polar surface area (TPSA) is 182 Å². The van der Waals surface area contributed by atoms with Crippen molar-refractivity contribution in [2.45, 2.75) is 86.7 Å². The molecule has 2 aliphatic heterocycles. The number of hydrogen-bond donors (Lipinski definition) is 7. The number of hydrogen-bond acceptors (Lipinski definition) is 10. The van der Waals surface area contributed by atoms with Crippen LogP contribution < -0.4 is 4.74 Å². The molecule has 3 aliphatic rings. The lowest BCUT2D eigenvalue weighted by Gasteiger charge is -2.50. The average molecular weight is 698 g/mol. The summed E-state index contributed by atoms with van der Waals surface area (Å²) in [6, 6.07) is 22.7.